The fourth-order valence-corrected chi connectivity index (χ4v) is 3.20. The maximum Gasteiger partial charge on any atom is 0.303 e. The van der Waals surface area contributed by atoms with Gasteiger partial charge in [0.15, 0.2) is 0 Å². The van der Waals surface area contributed by atoms with Crippen molar-refractivity contribution in [2.75, 3.05) is 0 Å². The first-order valence-corrected chi connectivity index (χ1v) is 8.95. The quantitative estimate of drug-likeness (QED) is 0.447. The van der Waals surface area contributed by atoms with Crippen LogP contribution in [0.3, 0.4) is 0 Å². The molecule has 0 radical (unpaired) electrons. The maximum atomic E-state index is 12.7. The minimum Gasteiger partial charge on any atom is -0.481 e. The highest BCUT2D eigenvalue weighted by atomic mass is 16.4. The fourth-order valence-electron chi connectivity index (χ4n) is 3.20. The number of piperidine rings is 1. The molecule has 8 heteroatoms. The van der Waals surface area contributed by atoms with Gasteiger partial charge in [0.05, 0.1) is 11.1 Å². The molecule has 1 fully saturated rings. The number of rotatable bonds is 5. The van der Waals surface area contributed by atoms with Crippen molar-refractivity contribution in [3.8, 4) is 11.8 Å². The molecule has 1 aromatic rings. The van der Waals surface area contributed by atoms with E-state index in [1.54, 1.807) is 6.07 Å². The Balaban J connectivity index is 1.71. The smallest absolute Gasteiger partial charge is 0.303 e. The molecule has 144 valence electrons. The minimum atomic E-state index is -0.992. The Hall–Kier alpha value is -3.47. The molecule has 4 amide bonds. The lowest BCUT2D eigenvalue weighted by Crippen LogP contribution is -2.54. The van der Waals surface area contributed by atoms with Gasteiger partial charge in [0.2, 0.25) is 11.8 Å². The van der Waals surface area contributed by atoms with E-state index in [9.17, 15) is 24.0 Å². The van der Waals surface area contributed by atoms with E-state index in [2.05, 4.69) is 17.2 Å². The number of hydrogen-bond acceptors (Lipinski definition) is 5. The van der Waals surface area contributed by atoms with Crippen molar-refractivity contribution >= 4 is 29.6 Å². The highest BCUT2D eigenvalue weighted by molar-refractivity contribution is 6.23. The summed E-state index contributed by atoms with van der Waals surface area (Å²) in [6.45, 7) is 0. The van der Waals surface area contributed by atoms with Crippen molar-refractivity contribution in [1.29, 1.82) is 0 Å². The Bertz CT molecular complexity index is 940. The summed E-state index contributed by atoms with van der Waals surface area (Å²) in [5.41, 5.74) is 0.956. The number of hydrogen-bond donors (Lipinski definition) is 2. The summed E-state index contributed by atoms with van der Waals surface area (Å²) >= 11 is 0. The maximum absolute atomic E-state index is 12.7. The number of benzene rings is 1. The van der Waals surface area contributed by atoms with Crippen LogP contribution in [0.2, 0.25) is 0 Å². The van der Waals surface area contributed by atoms with Crippen LogP contribution < -0.4 is 5.32 Å². The van der Waals surface area contributed by atoms with Gasteiger partial charge in [0.25, 0.3) is 11.8 Å². The zero-order valence-electron chi connectivity index (χ0n) is 15.0. The van der Waals surface area contributed by atoms with Gasteiger partial charge in [-0.2, -0.15) is 0 Å². The predicted octanol–water partition coefficient (Wildman–Crippen LogP) is 1.08. The van der Waals surface area contributed by atoms with Crippen molar-refractivity contribution in [2.24, 2.45) is 0 Å². The molecular weight excluding hydrogens is 364 g/mol. The lowest BCUT2D eigenvalue weighted by atomic mass is 10.0. The number of amides is 4. The average Bonchev–Trinajstić information content (AvgIpc) is 2.89. The van der Waals surface area contributed by atoms with Gasteiger partial charge in [-0.05, 0) is 37.5 Å². The van der Waals surface area contributed by atoms with Crippen molar-refractivity contribution in [2.45, 2.75) is 44.6 Å². The first-order valence-electron chi connectivity index (χ1n) is 8.95. The van der Waals surface area contributed by atoms with Gasteiger partial charge >= 0.3 is 5.97 Å². The fraction of sp³-hybridized carbons (Fsp3) is 0.350. The number of aliphatic carboxylic acids is 1. The second-order valence-electron chi connectivity index (χ2n) is 6.61. The van der Waals surface area contributed by atoms with E-state index in [-0.39, 0.29) is 30.4 Å². The molecule has 1 saturated heterocycles. The molecule has 1 atom stereocenters. The van der Waals surface area contributed by atoms with Crippen LogP contribution in [0.4, 0.5) is 0 Å². The Morgan fingerprint density at radius 1 is 1.14 bits per heavy atom. The number of nitrogens with one attached hydrogen (secondary N) is 1. The van der Waals surface area contributed by atoms with Crippen molar-refractivity contribution in [1.82, 2.24) is 10.2 Å². The van der Waals surface area contributed by atoms with Crippen LogP contribution >= 0.6 is 0 Å². The first kappa shape index (κ1) is 19.3. The molecule has 8 nitrogen and oxygen atoms in total. The molecule has 3 rings (SSSR count). The normalized spacial score (nSPS) is 18.4. The molecule has 2 N–H and O–H groups in total. The van der Waals surface area contributed by atoms with Gasteiger partial charge < -0.3 is 5.11 Å². The topological polar surface area (TPSA) is 121 Å². The number of carboxylic acid groups (broad SMARTS) is 1. The number of fused-ring (bicyclic) bond motifs is 1. The van der Waals surface area contributed by atoms with Gasteiger partial charge in [-0.15, -0.1) is 0 Å². The van der Waals surface area contributed by atoms with Crippen molar-refractivity contribution < 1.29 is 29.1 Å². The lowest BCUT2D eigenvalue weighted by Gasteiger charge is -2.27. The highest BCUT2D eigenvalue weighted by Gasteiger charge is 2.44. The monoisotopic (exact) mass is 382 g/mol. The Labute approximate surface area is 160 Å². The predicted molar refractivity (Wildman–Crippen MR) is 96.1 cm³/mol. The van der Waals surface area contributed by atoms with E-state index < -0.39 is 35.6 Å². The Morgan fingerprint density at radius 3 is 2.61 bits per heavy atom. The third-order valence-electron chi connectivity index (χ3n) is 4.61. The van der Waals surface area contributed by atoms with Gasteiger partial charge in [0.1, 0.15) is 6.04 Å². The summed E-state index contributed by atoms with van der Waals surface area (Å²) in [5, 5.41) is 10.7. The number of carbonyl (C=O) groups is 5. The van der Waals surface area contributed by atoms with Crippen LogP contribution in [0, 0.1) is 11.8 Å². The third kappa shape index (κ3) is 3.93. The van der Waals surface area contributed by atoms with E-state index >= 15 is 0 Å². The molecule has 28 heavy (non-hydrogen) atoms. The molecule has 0 saturated carbocycles. The second-order valence-corrected chi connectivity index (χ2v) is 6.61. The van der Waals surface area contributed by atoms with Gasteiger partial charge in [-0.3, -0.25) is 34.2 Å². The molecule has 0 aromatic heterocycles. The molecule has 1 aromatic carbocycles. The highest BCUT2D eigenvalue weighted by Crippen LogP contribution is 2.28. The molecule has 2 aliphatic heterocycles. The van der Waals surface area contributed by atoms with E-state index in [0.717, 1.165) is 4.90 Å². The van der Waals surface area contributed by atoms with Crippen molar-refractivity contribution in [3.63, 3.8) is 0 Å². The van der Waals surface area contributed by atoms with Gasteiger partial charge in [0, 0.05) is 24.8 Å². The van der Waals surface area contributed by atoms with Crippen molar-refractivity contribution in [3.05, 3.63) is 34.9 Å². The largest absolute Gasteiger partial charge is 0.481 e. The zero-order valence-corrected chi connectivity index (χ0v) is 15.0. The Kier molecular flexibility index (Phi) is 5.54. The summed E-state index contributed by atoms with van der Waals surface area (Å²) in [4.78, 5) is 60.0. The molecule has 0 spiro atoms. The molecule has 1 unspecified atom stereocenters. The van der Waals surface area contributed by atoms with E-state index in [0.29, 0.717) is 24.8 Å². The van der Waals surface area contributed by atoms with E-state index in [1.165, 1.54) is 12.1 Å². The van der Waals surface area contributed by atoms with E-state index in [1.807, 2.05) is 0 Å². The first-order chi connectivity index (χ1) is 13.4. The van der Waals surface area contributed by atoms with Crippen LogP contribution in [0.25, 0.3) is 0 Å². The number of unbranched alkanes of at least 4 members (excludes halogenated alkanes) is 2. The third-order valence-corrected chi connectivity index (χ3v) is 4.61. The van der Waals surface area contributed by atoms with E-state index in [4.69, 9.17) is 5.11 Å². The lowest BCUT2D eigenvalue weighted by molar-refractivity contribution is -0.138. The molecular formula is C20H18N2O6. The number of imide groups is 2. The second kappa shape index (κ2) is 8.05. The van der Waals surface area contributed by atoms with Gasteiger partial charge in [-0.1, -0.05) is 11.8 Å². The zero-order chi connectivity index (χ0) is 20.3. The van der Waals surface area contributed by atoms with Crippen LogP contribution in [0.15, 0.2) is 18.2 Å². The molecule has 2 aliphatic rings. The summed E-state index contributed by atoms with van der Waals surface area (Å²) in [6, 6.07) is 3.66. The number of nitrogens with zero attached hydrogens (tertiary/aromatic N) is 1. The van der Waals surface area contributed by atoms with Crippen LogP contribution in [0.5, 0.6) is 0 Å². The SMILES string of the molecule is O=C(O)CCCCC#Cc1ccc2c(c1)C(=O)N(C1CCC(=O)NC1=O)C2=O. The molecule has 0 bridgehead atoms. The standard InChI is InChI=1S/C20H18N2O6/c23-16-10-9-15(18(26)21-16)22-19(27)13-8-7-12(11-14(13)20(22)28)5-3-1-2-4-6-17(24)25/h7-8,11,15H,1-2,4,6,9-10H2,(H,24,25)(H,21,23,26). The van der Waals surface area contributed by atoms with Gasteiger partial charge in [-0.25, -0.2) is 0 Å². The van der Waals surface area contributed by atoms with Crippen LogP contribution in [0.1, 0.15) is 64.8 Å². The number of carboxylic acids is 1. The summed E-state index contributed by atoms with van der Waals surface area (Å²) in [5.74, 6) is 2.80. The summed E-state index contributed by atoms with van der Waals surface area (Å²) in [6.07, 6.45) is 2.02. The minimum absolute atomic E-state index is 0.0718. The average molecular weight is 382 g/mol. The van der Waals surface area contributed by atoms with Crippen LogP contribution in [-0.4, -0.2) is 45.6 Å². The molecule has 2 heterocycles. The number of carbonyl (C=O) groups excluding carboxylic acids is 4. The summed E-state index contributed by atoms with van der Waals surface area (Å²) in [7, 11) is 0. The Morgan fingerprint density at radius 2 is 1.89 bits per heavy atom. The van der Waals surface area contributed by atoms with Crippen LogP contribution in [-0.2, 0) is 14.4 Å². The molecule has 0 aliphatic carbocycles. The summed E-state index contributed by atoms with van der Waals surface area (Å²) < 4.78 is 0.